The van der Waals surface area contributed by atoms with E-state index in [1.807, 2.05) is 30.3 Å². The van der Waals surface area contributed by atoms with E-state index >= 15 is 0 Å². The van der Waals surface area contributed by atoms with Crippen LogP contribution in [0, 0.1) is 0 Å². The van der Waals surface area contributed by atoms with Crippen molar-refractivity contribution in [3.8, 4) is 17.5 Å². The maximum atomic E-state index is 8.91. The molecule has 0 radical (unpaired) electrons. The summed E-state index contributed by atoms with van der Waals surface area (Å²) in [6.07, 6.45) is 0. The normalized spacial score (nSPS) is 9.85. The Kier molecular flexibility index (Phi) is 1.88. The fraction of sp³-hybridized carbons (Fsp3) is 0. The second-order valence-electron chi connectivity index (χ2n) is 2.51. The summed E-state index contributed by atoms with van der Waals surface area (Å²) < 4.78 is 5.32. The molecule has 0 saturated carbocycles. The summed E-state index contributed by atoms with van der Waals surface area (Å²) in [5, 5.41) is 15.0. The Balaban J connectivity index is 2.15. The molecule has 0 amide bonds. The Morgan fingerprint density at radius 2 is 2.00 bits per heavy atom. The molecular weight excluding hydrogens is 168 g/mol. The zero-order chi connectivity index (χ0) is 9.10. The number of ether oxygens (including phenoxy) is 1. The zero-order valence-corrected chi connectivity index (χ0v) is 6.77. The summed E-state index contributed by atoms with van der Waals surface area (Å²) in [7, 11) is 0. The fourth-order valence-electron chi connectivity index (χ4n) is 0.962. The summed E-state index contributed by atoms with van der Waals surface area (Å²) in [5.41, 5.74) is 0. The van der Waals surface area contributed by atoms with Crippen molar-refractivity contribution in [2.24, 2.45) is 0 Å². The van der Waals surface area contributed by atoms with Gasteiger partial charge >= 0.3 is 0 Å². The maximum Gasteiger partial charge on any atom is 0.234 e. The predicted octanol–water partition coefficient (Wildman–Crippen LogP) is 1.91. The van der Waals surface area contributed by atoms with Crippen LogP contribution in [-0.2, 0) is 0 Å². The first-order valence-corrected chi connectivity index (χ1v) is 3.82. The van der Waals surface area contributed by atoms with E-state index in [0.29, 0.717) is 11.6 Å². The van der Waals surface area contributed by atoms with E-state index in [1.54, 1.807) is 0 Å². The van der Waals surface area contributed by atoms with Crippen LogP contribution >= 0.6 is 0 Å². The first-order valence-electron chi connectivity index (χ1n) is 3.82. The van der Waals surface area contributed by atoms with Gasteiger partial charge in [-0.15, -0.1) is 5.10 Å². The zero-order valence-electron chi connectivity index (χ0n) is 6.77. The van der Waals surface area contributed by atoms with Gasteiger partial charge < -0.3 is 9.84 Å². The van der Waals surface area contributed by atoms with Crippen molar-refractivity contribution < 1.29 is 9.84 Å². The number of aromatic hydroxyl groups is 1. The molecule has 0 aliphatic carbocycles. The van der Waals surface area contributed by atoms with Gasteiger partial charge in [-0.3, -0.25) is 0 Å². The molecule has 1 aromatic carbocycles. The van der Waals surface area contributed by atoms with Gasteiger partial charge in [-0.2, -0.15) is 0 Å². The number of H-pyrrole nitrogens is 1. The Hall–Kier alpha value is -1.97. The molecule has 0 atom stereocenters. The molecule has 4 heteroatoms. The van der Waals surface area contributed by atoms with Crippen LogP contribution in [0.4, 0.5) is 0 Å². The molecule has 2 rings (SSSR count). The SMILES string of the molecule is Oc1cc(Oc2ccccc2)[nH]n1. The quantitative estimate of drug-likeness (QED) is 0.734. The number of rotatable bonds is 2. The summed E-state index contributed by atoms with van der Waals surface area (Å²) in [5.74, 6) is 1.04. The summed E-state index contributed by atoms with van der Waals surface area (Å²) in [6.45, 7) is 0. The number of nitrogens with zero attached hydrogens (tertiary/aromatic N) is 1. The third kappa shape index (κ3) is 1.79. The molecule has 1 aromatic heterocycles. The van der Waals surface area contributed by atoms with Crippen molar-refractivity contribution in [3.63, 3.8) is 0 Å². The third-order valence-electron chi connectivity index (χ3n) is 1.51. The lowest BCUT2D eigenvalue weighted by molar-refractivity contribution is 0.452. The minimum Gasteiger partial charge on any atom is -0.492 e. The first-order chi connectivity index (χ1) is 6.34. The standard InChI is InChI=1S/C9H8N2O2/c12-8-6-9(11-10-8)13-7-4-2-1-3-5-7/h1-6H,(H2,10,11,12). The highest BCUT2D eigenvalue weighted by molar-refractivity contribution is 5.27. The van der Waals surface area contributed by atoms with Gasteiger partial charge in [-0.1, -0.05) is 18.2 Å². The van der Waals surface area contributed by atoms with Crippen molar-refractivity contribution in [2.75, 3.05) is 0 Å². The van der Waals surface area contributed by atoms with Crippen LogP contribution in [-0.4, -0.2) is 15.3 Å². The average Bonchev–Trinajstić information content (AvgIpc) is 2.53. The summed E-state index contributed by atoms with van der Waals surface area (Å²) in [6, 6.07) is 10.7. The highest BCUT2D eigenvalue weighted by Crippen LogP contribution is 2.20. The van der Waals surface area contributed by atoms with Crippen LogP contribution < -0.4 is 4.74 Å². The van der Waals surface area contributed by atoms with Crippen molar-refractivity contribution in [3.05, 3.63) is 36.4 Å². The van der Waals surface area contributed by atoms with Gasteiger partial charge in [0.2, 0.25) is 11.8 Å². The van der Waals surface area contributed by atoms with Gasteiger partial charge in [0, 0.05) is 0 Å². The molecule has 0 aliphatic rings. The number of hydrogen-bond acceptors (Lipinski definition) is 3. The van der Waals surface area contributed by atoms with E-state index in [9.17, 15) is 0 Å². The molecule has 0 fully saturated rings. The van der Waals surface area contributed by atoms with Gasteiger partial charge in [0.1, 0.15) is 5.75 Å². The van der Waals surface area contributed by atoms with E-state index in [1.165, 1.54) is 6.07 Å². The molecule has 0 unspecified atom stereocenters. The number of nitrogens with one attached hydrogen (secondary N) is 1. The lowest BCUT2D eigenvalue weighted by Gasteiger charge is -1.99. The molecular formula is C9H8N2O2. The van der Waals surface area contributed by atoms with E-state index in [0.717, 1.165) is 0 Å². The fourth-order valence-corrected chi connectivity index (χ4v) is 0.962. The Morgan fingerprint density at radius 1 is 1.23 bits per heavy atom. The Morgan fingerprint density at radius 3 is 2.62 bits per heavy atom. The van der Waals surface area contributed by atoms with Crippen LogP contribution in [0.5, 0.6) is 17.5 Å². The van der Waals surface area contributed by atoms with Crippen molar-refractivity contribution in [2.45, 2.75) is 0 Å². The topological polar surface area (TPSA) is 58.1 Å². The molecule has 2 N–H and O–H groups in total. The molecule has 0 aliphatic heterocycles. The first kappa shape index (κ1) is 7.67. The summed E-state index contributed by atoms with van der Waals surface area (Å²) >= 11 is 0. The number of benzene rings is 1. The third-order valence-corrected chi connectivity index (χ3v) is 1.51. The number of aromatic amines is 1. The highest BCUT2D eigenvalue weighted by atomic mass is 16.5. The van der Waals surface area contributed by atoms with Crippen LogP contribution in [0.1, 0.15) is 0 Å². The molecule has 2 aromatic rings. The Bertz CT molecular complexity index is 384. The van der Waals surface area contributed by atoms with Gasteiger partial charge in [-0.25, -0.2) is 5.10 Å². The van der Waals surface area contributed by atoms with Gasteiger partial charge in [0.15, 0.2) is 0 Å². The molecule has 0 spiro atoms. The smallest absolute Gasteiger partial charge is 0.234 e. The van der Waals surface area contributed by atoms with E-state index in [-0.39, 0.29) is 5.88 Å². The van der Waals surface area contributed by atoms with Crippen molar-refractivity contribution in [1.29, 1.82) is 0 Å². The Labute approximate surface area is 74.8 Å². The largest absolute Gasteiger partial charge is 0.492 e. The second kappa shape index (κ2) is 3.18. The summed E-state index contributed by atoms with van der Waals surface area (Å²) in [4.78, 5) is 0. The van der Waals surface area contributed by atoms with E-state index in [4.69, 9.17) is 9.84 Å². The predicted molar refractivity (Wildman–Crippen MR) is 46.8 cm³/mol. The molecule has 13 heavy (non-hydrogen) atoms. The van der Waals surface area contributed by atoms with Crippen LogP contribution in [0.15, 0.2) is 36.4 Å². The monoisotopic (exact) mass is 176 g/mol. The molecule has 4 nitrogen and oxygen atoms in total. The minimum atomic E-state index is -0.0778. The van der Waals surface area contributed by atoms with Crippen molar-refractivity contribution >= 4 is 0 Å². The molecule has 0 bridgehead atoms. The van der Waals surface area contributed by atoms with Crippen molar-refractivity contribution in [1.82, 2.24) is 10.2 Å². The lowest BCUT2D eigenvalue weighted by atomic mass is 10.3. The number of para-hydroxylation sites is 1. The lowest BCUT2D eigenvalue weighted by Crippen LogP contribution is -1.82. The van der Waals surface area contributed by atoms with Crippen LogP contribution in [0.3, 0.4) is 0 Å². The molecule has 66 valence electrons. The minimum absolute atomic E-state index is 0.0778. The van der Waals surface area contributed by atoms with E-state index in [2.05, 4.69) is 10.2 Å². The molecule has 1 heterocycles. The highest BCUT2D eigenvalue weighted by Gasteiger charge is 1.99. The van der Waals surface area contributed by atoms with Gasteiger partial charge in [0.25, 0.3) is 0 Å². The van der Waals surface area contributed by atoms with Gasteiger partial charge in [0.05, 0.1) is 6.07 Å². The average molecular weight is 176 g/mol. The number of hydrogen-bond donors (Lipinski definition) is 2. The molecule has 0 saturated heterocycles. The van der Waals surface area contributed by atoms with Crippen LogP contribution in [0.2, 0.25) is 0 Å². The van der Waals surface area contributed by atoms with Gasteiger partial charge in [-0.05, 0) is 12.1 Å². The number of aromatic nitrogens is 2. The maximum absolute atomic E-state index is 8.91. The van der Waals surface area contributed by atoms with E-state index < -0.39 is 0 Å². The second-order valence-corrected chi connectivity index (χ2v) is 2.51. The van der Waals surface area contributed by atoms with Crippen LogP contribution in [0.25, 0.3) is 0 Å².